The van der Waals surface area contributed by atoms with Crippen LogP contribution in [0.3, 0.4) is 0 Å². The minimum atomic E-state index is -0.104. The maximum atomic E-state index is 12.6. The summed E-state index contributed by atoms with van der Waals surface area (Å²) < 4.78 is 5.08. The summed E-state index contributed by atoms with van der Waals surface area (Å²) in [7, 11) is 1.65. The molecule has 0 radical (unpaired) electrons. The van der Waals surface area contributed by atoms with Gasteiger partial charge in [-0.3, -0.25) is 9.78 Å². The smallest absolute Gasteiger partial charge is 0.253 e. The third-order valence-electron chi connectivity index (χ3n) is 4.40. The second-order valence-corrected chi connectivity index (χ2v) is 7.04. The second-order valence-electron chi connectivity index (χ2n) is 6.66. The number of hydrogen-bond donors (Lipinski definition) is 2. The number of aryl methyl sites for hydroxylation is 1. The Morgan fingerprint density at radius 2 is 2.14 bits per heavy atom. The van der Waals surface area contributed by atoms with Crippen molar-refractivity contribution in [1.82, 2.24) is 20.2 Å². The Kier molecular flexibility index (Phi) is 6.73. The van der Waals surface area contributed by atoms with Crippen LogP contribution < -0.4 is 10.9 Å². The summed E-state index contributed by atoms with van der Waals surface area (Å²) >= 11 is 5.57. The Morgan fingerprint density at radius 3 is 2.89 bits per heavy atom. The minimum absolute atomic E-state index is 0.104. The highest BCUT2D eigenvalue weighted by Crippen LogP contribution is 2.15. The van der Waals surface area contributed by atoms with E-state index in [1.54, 1.807) is 19.5 Å². The lowest BCUT2D eigenvalue weighted by Crippen LogP contribution is -2.41. The van der Waals surface area contributed by atoms with Gasteiger partial charge in [0.05, 0.1) is 13.2 Å². The molecule has 0 aliphatic heterocycles. The van der Waals surface area contributed by atoms with E-state index in [0.29, 0.717) is 36.9 Å². The highest BCUT2D eigenvalue weighted by atomic mass is 32.1. The van der Waals surface area contributed by atoms with Crippen LogP contribution in [0, 0.1) is 6.92 Å². The molecule has 0 saturated heterocycles. The van der Waals surface area contributed by atoms with E-state index in [1.807, 2.05) is 42.2 Å². The molecule has 146 valence electrons. The standard InChI is InChI=1S/C21H24N4O2S/c1-15-5-6-19-17(10-15)11-18(20(26)24-19)14-25(21(28)23-8-9-27-2)13-16-4-3-7-22-12-16/h3-7,10-12H,8-9,13-14H2,1-2H3,(H,23,28)(H,24,26). The van der Waals surface area contributed by atoms with Crippen LogP contribution in [0.1, 0.15) is 16.7 Å². The summed E-state index contributed by atoms with van der Waals surface area (Å²) in [6.07, 6.45) is 3.54. The Hall–Kier alpha value is -2.77. The van der Waals surface area contributed by atoms with E-state index in [9.17, 15) is 4.79 Å². The number of aromatic amines is 1. The van der Waals surface area contributed by atoms with Gasteiger partial charge in [-0.25, -0.2) is 0 Å². The number of hydrogen-bond acceptors (Lipinski definition) is 4. The van der Waals surface area contributed by atoms with Crippen LogP contribution in [-0.2, 0) is 17.8 Å². The number of nitrogens with zero attached hydrogens (tertiary/aromatic N) is 2. The molecule has 0 spiro atoms. The number of thiocarbonyl (C=S) groups is 1. The molecular formula is C21H24N4O2S. The van der Waals surface area contributed by atoms with Gasteiger partial charge < -0.3 is 19.9 Å². The van der Waals surface area contributed by atoms with Crippen molar-refractivity contribution in [2.75, 3.05) is 20.3 Å². The number of pyridine rings is 2. The predicted octanol–water partition coefficient (Wildman–Crippen LogP) is 2.75. The molecule has 7 heteroatoms. The van der Waals surface area contributed by atoms with E-state index >= 15 is 0 Å². The average Bonchev–Trinajstić information content (AvgIpc) is 2.69. The molecule has 0 fully saturated rings. The fourth-order valence-corrected chi connectivity index (χ4v) is 3.21. The molecule has 2 aromatic heterocycles. The van der Waals surface area contributed by atoms with Gasteiger partial charge in [0, 0.05) is 43.7 Å². The summed E-state index contributed by atoms with van der Waals surface area (Å²) in [5.74, 6) is 0. The van der Waals surface area contributed by atoms with E-state index in [1.165, 1.54) is 0 Å². The molecule has 0 bridgehead atoms. The highest BCUT2D eigenvalue weighted by molar-refractivity contribution is 7.80. The number of rotatable bonds is 7. The topological polar surface area (TPSA) is 70.2 Å². The Balaban J connectivity index is 1.87. The quantitative estimate of drug-likeness (QED) is 0.473. The van der Waals surface area contributed by atoms with Gasteiger partial charge in [-0.1, -0.05) is 17.7 Å². The zero-order chi connectivity index (χ0) is 19.9. The van der Waals surface area contributed by atoms with Crippen LogP contribution in [-0.4, -0.2) is 40.2 Å². The zero-order valence-electron chi connectivity index (χ0n) is 16.1. The Bertz CT molecular complexity index is 1000. The van der Waals surface area contributed by atoms with Crippen molar-refractivity contribution in [2.24, 2.45) is 0 Å². The molecule has 0 amide bonds. The van der Waals surface area contributed by atoms with Crippen LogP contribution in [0.15, 0.2) is 53.6 Å². The molecule has 0 saturated carbocycles. The normalized spacial score (nSPS) is 10.8. The van der Waals surface area contributed by atoms with Crippen LogP contribution in [0.2, 0.25) is 0 Å². The molecule has 2 heterocycles. The third-order valence-corrected chi connectivity index (χ3v) is 4.81. The van der Waals surface area contributed by atoms with Crippen LogP contribution in [0.25, 0.3) is 10.9 Å². The van der Waals surface area contributed by atoms with Crippen LogP contribution in [0.5, 0.6) is 0 Å². The molecule has 6 nitrogen and oxygen atoms in total. The van der Waals surface area contributed by atoms with Crippen molar-refractivity contribution < 1.29 is 4.74 Å². The molecule has 3 aromatic rings. The Labute approximate surface area is 169 Å². The number of ether oxygens (including phenoxy) is 1. The van der Waals surface area contributed by atoms with Gasteiger partial charge in [-0.05, 0) is 54.4 Å². The number of methoxy groups -OCH3 is 1. The number of H-pyrrole nitrogens is 1. The molecular weight excluding hydrogens is 372 g/mol. The van der Waals surface area contributed by atoms with E-state index < -0.39 is 0 Å². The molecule has 0 aliphatic rings. The monoisotopic (exact) mass is 396 g/mol. The summed E-state index contributed by atoms with van der Waals surface area (Å²) in [5, 5.41) is 4.77. The Morgan fingerprint density at radius 1 is 1.29 bits per heavy atom. The largest absolute Gasteiger partial charge is 0.383 e. The first kappa shape index (κ1) is 20.0. The first-order chi connectivity index (χ1) is 13.6. The number of nitrogens with one attached hydrogen (secondary N) is 2. The molecule has 0 aliphatic carbocycles. The van der Waals surface area contributed by atoms with Gasteiger partial charge in [0.15, 0.2) is 5.11 Å². The van der Waals surface area contributed by atoms with Crippen molar-refractivity contribution in [3.63, 3.8) is 0 Å². The van der Waals surface area contributed by atoms with Gasteiger partial charge in [-0.15, -0.1) is 0 Å². The second kappa shape index (κ2) is 9.43. The van der Waals surface area contributed by atoms with E-state index in [-0.39, 0.29) is 5.56 Å². The molecule has 0 unspecified atom stereocenters. The number of benzene rings is 1. The summed E-state index contributed by atoms with van der Waals surface area (Å²) in [6, 6.07) is 11.8. The maximum absolute atomic E-state index is 12.6. The lowest BCUT2D eigenvalue weighted by molar-refractivity contribution is 0.202. The first-order valence-electron chi connectivity index (χ1n) is 9.10. The van der Waals surface area contributed by atoms with Gasteiger partial charge in [-0.2, -0.15) is 0 Å². The van der Waals surface area contributed by atoms with Crippen molar-refractivity contribution in [1.29, 1.82) is 0 Å². The van der Waals surface area contributed by atoms with E-state index in [0.717, 1.165) is 22.0 Å². The van der Waals surface area contributed by atoms with Crippen LogP contribution >= 0.6 is 12.2 Å². The van der Waals surface area contributed by atoms with Gasteiger partial charge in [0.1, 0.15) is 0 Å². The summed E-state index contributed by atoms with van der Waals surface area (Å²) in [4.78, 5) is 21.7. The third kappa shape index (κ3) is 5.15. The molecule has 2 N–H and O–H groups in total. The van der Waals surface area contributed by atoms with Gasteiger partial charge >= 0.3 is 0 Å². The molecule has 0 atom stereocenters. The minimum Gasteiger partial charge on any atom is -0.383 e. The summed E-state index contributed by atoms with van der Waals surface area (Å²) in [5.41, 5.74) is 3.56. The van der Waals surface area contributed by atoms with Crippen molar-refractivity contribution in [2.45, 2.75) is 20.0 Å². The van der Waals surface area contributed by atoms with E-state index in [2.05, 4.69) is 21.4 Å². The maximum Gasteiger partial charge on any atom is 0.253 e. The predicted molar refractivity (Wildman–Crippen MR) is 115 cm³/mol. The fourth-order valence-electron chi connectivity index (χ4n) is 2.98. The van der Waals surface area contributed by atoms with Crippen molar-refractivity contribution in [3.8, 4) is 0 Å². The average molecular weight is 397 g/mol. The SMILES string of the molecule is COCCNC(=S)N(Cc1cccnc1)Cc1cc2cc(C)ccc2[nH]c1=O. The first-order valence-corrected chi connectivity index (χ1v) is 9.51. The number of fused-ring (bicyclic) bond motifs is 1. The number of aromatic nitrogens is 2. The lowest BCUT2D eigenvalue weighted by atomic mass is 10.1. The lowest BCUT2D eigenvalue weighted by Gasteiger charge is -2.26. The zero-order valence-corrected chi connectivity index (χ0v) is 16.9. The molecule has 28 heavy (non-hydrogen) atoms. The fraction of sp³-hybridized carbons (Fsp3) is 0.286. The molecule has 1 aromatic carbocycles. The van der Waals surface area contributed by atoms with E-state index in [4.69, 9.17) is 17.0 Å². The molecule has 3 rings (SSSR count). The van der Waals surface area contributed by atoms with Gasteiger partial charge in [0.25, 0.3) is 5.56 Å². The van der Waals surface area contributed by atoms with Crippen molar-refractivity contribution in [3.05, 3.63) is 75.8 Å². The van der Waals surface area contributed by atoms with Gasteiger partial charge in [0.2, 0.25) is 0 Å². The van der Waals surface area contributed by atoms with Crippen LogP contribution in [0.4, 0.5) is 0 Å². The summed E-state index contributed by atoms with van der Waals surface area (Å²) in [6.45, 7) is 4.14. The highest BCUT2D eigenvalue weighted by Gasteiger charge is 2.14. The van der Waals surface area contributed by atoms with Crippen molar-refractivity contribution >= 4 is 28.2 Å².